The van der Waals surface area contributed by atoms with Crippen molar-refractivity contribution in [1.29, 1.82) is 0 Å². The summed E-state index contributed by atoms with van der Waals surface area (Å²) in [6.07, 6.45) is 1.90. The molecule has 30 heavy (non-hydrogen) atoms. The standard InChI is InChI=1S/C22H22ClN3O3S/c1-14-17(23)8-4-10-18(14)24-20(27)13-30-22-25-19-9-3-2-7-16(19)21(28)26(22)12-15-6-5-11-29-15/h2-4,7-10,15H,5-6,11-13H2,1H3,(H,24,27). The zero-order valence-corrected chi connectivity index (χ0v) is 18.1. The Labute approximate surface area is 183 Å². The van der Waals surface area contributed by atoms with Crippen LogP contribution in [0.3, 0.4) is 0 Å². The number of anilines is 1. The first-order chi connectivity index (χ1) is 14.5. The van der Waals surface area contributed by atoms with Crippen molar-refractivity contribution in [3.05, 3.63) is 63.4 Å². The molecule has 1 saturated heterocycles. The van der Waals surface area contributed by atoms with Gasteiger partial charge in [-0.3, -0.25) is 14.2 Å². The number of carbonyl (C=O) groups excluding carboxylic acids is 1. The molecule has 1 amide bonds. The van der Waals surface area contributed by atoms with Gasteiger partial charge in [-0.1, -0.05) is 41.6 Å². The van der Waals surface area contributed by atoms with Crippen molar-refractivity contribution in [3.8, 4) is 0 Å². The van der Waals surface area contributed by atoms with Crippen molar-refractivity contribution in [2.75, 3.05) is 17.7 Å². The number of nitrogens with one attached hydrogen (secondary N) is 1. The molecule has 2 heterocycles. The summed E-state index contributed by atoms with van der Waals surface area (Å²) >= 11 is 7.38. The predicted molar refractivity (Wildman–Crippen MR) is 121 cm³/mol. The van der Waals surface area contributed by atoms with E-state index in [-0.39, 0.29) is 23.3 Å². The Kier molecular flexibility index (Phi) is 6.41. The monoisotopic (exact) mass is 443 g/mol. The van der Waals surface area contributed by atoms with E-state index in [1.54, 1.807) is 22.8 Å². The summed E-state index contributed by atoms with van der Waals surface area (Å²) in [6.45, 7) is 3.01. The number of hydrogen-bond donors (Lipinski definition) is 1. The van der Waals surface area contributed by atoms with Gasteiger partial charge in [0.2, 0.25) is 5.91 Å². The average Bonchev–Trinajstić information content (AvgIpc) is 3.25. The summed E-state index contributed by atoms with van der Waals surface area (Å²) in [7, 11) is 0. The van der Waals surface area contributed by atoms with E-state index >= 15 is 0 Å². The number of halogens is 1. The van der Waals surface area contributed by atoms with Gasteiger partial charge in [0.15, 0.2) is 5.16 Å². The lowest BCUT2D eigenvalue weighted by Crippen LogP contribution is -2.29. The Bertz CT molecular complexity index is 1140. The molecule has 0 saturated carbocycles. The second-order valence-corrected chi connectivity index (χ2v) is 8.56. The van der Waals surface area contributed by atoms with Gasteiger partial charge in [-0.15, -0.1) is 0 Å². The molecular weight excluding hydrogens is 422 g/mol. The zero-order valence-electron chi connectivity index (χ0n) is 16.6. The fourth-order valence-electron chi connectivity index (χ4n) is 3.47. The SMILES string of the molecule is Cc1c(Cl)cccc1NC(=O)CSc1nc2ccccc2c(=O)n1CC1CCCO1. The number of aromatic nitrogens is 2. The van der Waals surface area contributed by atoms with Gasteiger partial charge in [-0.05, 0) is 49.6 Å². The molecule has 2 aromatic carbocycles. The molecule has 1 fully saturated rings. The topological polar surface area (TPSA) is 73.2 Å². The van der Waals surface area contributed by atoms with Crippen LogP contribution in [0.15, 0.2) is 52.4 Å². The molecule has 1 aliphatic heterocycles. The van der Waals surface area contributed by atoms with Crippen molar-refractivity contribution < 1.29 is 9.53 Å². The number of thioether (sulfide) groups is 1. The first-order valence-electron chi connectivity index (χ1n) is 9.82. The third-order valence-corrected chi connectivity index (χ3v) is 6.50. The van der Waals surface area contributed by atoms with Gasteiger partial charge >= 0.3 is 0 Å². The molecule has 1 unspecified atom stereocenters. The van der Waals surface area contributed by atoms with Crippen LogP contribution in [-0.4, -0.2) is 33.9 Å². The van der Waals surface area contributed by atoms with E-state index in [9.17, 15) is 9.59 Å². The van der Waals surface area contributed by atoms with Crippen LogP contribution in [0.2, 0.25) is 5.02 Å². The maximum Gasteiger partial charge on any atom is 0.262 e. The lowest BCUT2D eigenvalue weighted by atomic mass is 10.2. The molecule has 0 spiro atoms. The highest BCUT2D eigenvalue weighted by Gasteiger charge is 2.20. The third-order valence-electron chi connectivity index (χ3n) is 5.11. The average molecular weight is 444 g/mol. The largest absolute Gasteiger partial charge is 0.376 e. The van der Waals surface area contributed by atoms with Gasteiger partial charge in [0.25, 0.3) is 5.56 Å². The molecule has 4 rings (SSSR count). The van der Waals surface area contributed by atoms with Gasteiger partial charge in [-0.2, -0.15) is 0 Å². The molecule has 0 radical (unpaired) electrons. The van der Waals surface area contributed by atoms with E-state index in [1.165, 1.54) is 11.8 Å². The van der Waals surface area contributed by atoms with Crippen molar-refractivity contribution in [3.63, 3.8) is 0 Å². The van der Waals surface area contributed by atoms with Gasteiger partial charge in [0.1, 0.15) is 0 Å². The number of amides is 1. The smallest absolute Gasteiger partial charge is 0.262 e. The minimum atomic E-state index is -0.184. The molecule has 0 bridgehead atoms. The number of fused-ring (bicyclic) bond motifs is 1. The predicted octanol–water partition coefficient (Wildman–Crippen LogP) is 4.27. The minimum absolute atomic E-state index is 0.00653. The molecule has 6 nitrogen and oxygen atoms in total. The molecule has 156 valence electrons. The van der Waals surface area contributed by atoms with E-state index < -0.39 is 0 Å². The van der Waals surface area contributed by atoms with Crippen LogP contribution in [0.25, 0.3) is 10.9 Å². The number of hydrogen-bond acceptors (Lipinski definition) is 5. The van der Waals surface area contributed by atoms with Crippen LogP contribution >= 0.6 is 23.4 Å². The summed E-state index contributed by atoms with van der Waals surface area (Å²) in [5, 5.41) is 4.57. The van der Waals surface area contributed by atoms with Crippen LogP contribution < -0.4 is 10.9 Å². The fourth-order valence-corrected chi connectivity index (χ4v) is 4.45. The van der Waals surface area contributed by atoms with Crippen molar-refractivity contribution in [2.45, 2.75) is 37.6 Å². The highest BCUT2D eigenvalue weighted by Crippen LogP contribution is 2.24. The normalized spacial score (nSPS) is 16.1. The van der Waals surface area contributed by atoms with E-state index in [2.05, 4.69) is 10.3 Å². The Morgan fingerprint density at radius 3 is 2.93 bits per heavy atom. The number of para-hydroxylation sites is 1. The number of ether oxygens (including phenoxy) is 1. The third kappa shape index (κ3) is 4.53. The van der Waals surface area contributed by atoms with Crippen molar-refractivity contribution >= 4 is 45.9 Å². The summed E-state index contributed by atoms with van der Waals surface area (Å²) < 4.78 is 7.36. The Morgan fingerprint density at radius 2 is 2.13 bits per heavy atom. The van der Waals surface area contributed by atoms with Gasteiger partial charge in [-0.25, -0.2) is 4.98 Å². The van der Waals surface area contributed by atoms with Crippen LogP contribution in [0.5, 0.6) is 0 Å². The summed E-state index contributed by atoms with van der Waals surface area (Å²) in [6, 6.07) is 12.7. The highest BCUT2D eigenvalue weighted by molar-refractivity contribution is 7.99. The maximum absolute atomic E-state index is 13.1. The minimum Gasteiger partial charge on any atom is -0.376 e. The van der Waals surface area contributed by atoms with E-state index in [0.717, 1.165) is 18.4 Å². The Morgan fingerprint density at radius 1 is 1.30 bits per heavy atom. The van der Waals surface area contributed by atoms with Gasteiger partial charge in [0.05, 0.1) is 29.3 Å². The van der Waals surface area contributed by atoms with Crippen LogP contribution in [0, 0.1) is 6.92 Å². The lowest BCUT2D eigenvalue weighted by Gasteiger charge is -2.16. The molecule has 1 atom stereocenters. The van der Waals surface area contributed by atoms with Crippen molar-refractivity contribution in [1.82, 2.24) is 9.55 Å². The Hall–Kier alpha value is -2.35. The molecule has 1 aliphatic rings. The van der Waals surface area contributed by atoms with E-state index in [1.807, 2.05) is 31.2 Å². The summed E-state index contributed by atoms with van der Waals surface area (Å²) in [4.78, 5) is 30.3. The Balaban J connectivity index is 1.57. The molecule has 8 heteroatoms. The van der Waals surface area contributed by atoms with Crippen LogP contribution in [-0.2, 0) is 16.1 Å². The second kappa shape index (κ2) is 9.20. The van der Waals surface area contributed by atoms with Crippen LogP contribution in [0.4, 0.5) is 5.69 Å². The number of rotatable bonds is 6. The molecule has 3 aromatic rings. The number of benzene rings is 2. The highest BCUT2D eigenvalue weighted by atomic mass is 35.5. The first-order valence-corrected chi connectivity index (χ1v) is 11.2. The molecular formula is C22H22ClN3O3S. The molecule has 0 aliphatic carbocycles. The summed E-state index contributed by atoms with van der Waals surface area (Å²) in [5.74, 6) is -0.0566. The van der Waals surface area contributed by atoms with E-state index in [0.29, 0.717) is 39.9 Å². The molecule has 1 N–H and O–H groups in total. The number of carbonyl (C=O) groups is 1. The van der Waals surface area contributed by atoms with Gasteiger partial charge < -0.3 is 10.1 Å². The van der Waals surface area contributed by atoms with Crippen LogP contribution in [0.1, 0.15) is 18.4 Å². The second-order valence-electron chi connectivity index (χ2n) is 7.21. The van der Waals surface area contributed by atoms with E-state index in [4.69, 9.17) is 16.3 Å². The number of nitrogens with zero attached hydrogens (tertiary/aromatic N) is 2. The van der Waals surface area contributed by atoms with Gasteiger partial charge in [0, 0.05) is 17.3 Å². The summed E-state index contributed by atoms with van der Waals surface area (Å²) in [5.41, 5.74) is 2.01. The quantitative estimate of drug-likeness (QED) is 0.455. The molecule has 1 aromatic heterocycles. The van der Waals surface area contributed by atoms with Crippen molar-refractivity contribution in [2.24, 2.45) is 0 Å². The lowest BCUT2D eigenvalue weighted by molar-refractivity contribution is -0.113. The first kappa shape index (κ1) is 20.9. The maximum atomic E-state index is 13.1. The zero-order chi connectivity index (χ0) is 21.1. The fraction of sp³-hybridized carbons (Fsp3) is 0.318.